The summed E-state index contributed by atoms with van der Waals surface area (Å²) in [6, 6.07) is 0. The SMILES string of the molecule is C=CC(C)(C)[O]. The second-order valence-electron chi connectivity index (χ2n) is 1.81. The normalized spacial score (nSPS) is 11.2. The summed E-state index contributed by atoms with van der Waals surface area (Å²) in [5.41, 5.74) is -0.944. The van der Waals surface area contributed by atoms with Crippen LogP contribution in [0.4, 0.5) is 0 Å². The molecule has 6 heavy (non-hydrogen) atoms. The second-order valence-corrected chi connectivity index (χ2v) is 1.81. The molecule has 0 aliphatic carbocycles. The highest BCUT2D eigenvalue weighted by atomic mass is 16.3. The standard InChI is InChI=1S/C5H9O/c1-4-5(2,3)6/h4H,1H2,2-3H3. The fourth-order valence-electron chi connectivity index (χ4n) is 0. The fraction of sp³-hybridized carbons (Fsp3) is 0.600. The molecule has 35 valence electrons. The lowest BCUT2D eigenvalue weighted by Crippen LogP contribution is -2.09. The summed E-state index contributed by atoms with van der Waals surface area (Å²) in [5.74, 6) is 0. The Kier molecular flexibility index (Phi) is 1.36. The molecular formula is C5H9O. The molecule has 0 atom stereocenters. The first-order valence-corrected chi connectivity index (χ1v) is 1.90. The molecule has 1 heteroatoms. The summed E-state index contributed by atoms with van der Waals surface area (Å²) in [4.78, 5) is 0. The topological polar surface area (TPSA) is 19.9 Å². The maximum absolute atomic E-state index is 10.4. The van der Waals surface area contributed by atoms with Crippen LogP contribution in [-0.2, 0) is 5.11 Å². The highest BCUT2D eigenvalue weighted by Crippen LogP contribution is 1.99. The van der Waals surface area contributed by atoms with Crippen LogP contribution in [0.25, 0.3) is 0 Å². The molecule has 0 rings (SSSR count). The molecule has 0 amide bonds. The molecule has 0 unspecified atom stereocenters. The van der Waals surface area contributed by atoms with E-state index in [1.54, 1.807) is 13.8 Å². The van der Waals surface area contributed by atoms with Crippen LogP contribution in [0.15, 0.2) is 12.7 Å². The molecule has 0 heterocycles. The van der Waals surface area contributed by atoms with Gasteiger partial charge in [-0.3, -0.25) is 0 Å². The molecule has 1 nitrogen and oxygen atoms in total. The zero-order chi connectivity index (χ0) is 5.21. The molecular weight excluding hydrogens is 76.1 g/mol. The second kappa shape index (κ2) is 1.43. The Labute approximate surface area is 38.3 Å². The Morgan fingerprint density at radius 1 is 1.67 bits per heavy atom. The van der Waals surface area contributed by atoms with Gasteiger partial charge < -0.3 is 0 Å². The van der Waals surface area contributed by atoms with Gasteiger partial charge >= 0.3 is 0 Å². The van der Waals surface area contributed by atoms with Gasteiger partial charge in [0.05, 0.1) is 0 Å². The third-order valence-electron chi connectivity index (χ3n) is 0.492. The van der Waals surface area contributed by atoms with Crippen LogP contribution in [-0.4, -0.2) is 5.60 Å². The van der Waals surface area contributed by atoms with E-state index in [0.29, 0.717) is 0 Å². The average molecular weight is 85.1 g/mol. The first-order valence-electron chi connectivity index (χ1n) is 1.90. The quantitative estimate of drug-likeness (QED) is 0.429. The van der Waals surface area contributed by atoms with E-state index >= 15 is 0 Å². The van der Waals surface area contributed by atoms with Crippen LogP contribution >= 0.6 is 0 Å². The summed E-state index contributed by atoms with van der Waals surface area (Å²) >= 11 is 0. The minimum Gasteiger partial charge on any atom is -0.226 e. The third-order valence-corrected chi connectivity index (χ3v) is 0.492. The van der Waals surface area contributed by atoms with Crippen LogP contribution in [0, 0.1) is 0 Å². The van der Waals surface area contributed by atoms with Crippen LogP contribution in [0.5, 0.6) is 0 Å². The lowest BCUT2D eigenvalue weighted by Gasteiger charge is -2.02. The van der Waals surface area contributed by atoms with Gasteiger partial charge in [-0.1, -0.05) is 6.08 Å². The maximum atomic E-state index is 10.4. The van der Waals surface area contributed by atoms with E-state index < -0.39 is 5.60 Å². The van der Waals surface area contributed by atoms with Crippen molar-refractivity contribution < 1.29 is 5.11 Å². The van der Waals surface area contributed by atoms with Crippen LogP contribution in [0.2, 0.25) is 0 Å². The predicted octanol–water partition coefficient (Wildman–Crippen LogP) is 1.38. The molecule has 0 fully saturated rings. The van der Waals surface area contributed by atoms with Gasteiger partial charge in [0.2, 0.25) is 0 Å². The van der Waals surface area contributed by atoms with E-state index in [4.69, 9.17) is 0 Å². The highest BCUT2D eigenvalue weighted by Gasteiger charge is 2.05. The Balaban J connectivity index is 3.45. The van der Waals surface area contributed by atoms with Gasteiger partial charge in [-0.2, -0.15) is 0 Å². The Bertz CT molecular complexity index is 49.4. The van der Waals surface area contributed by atoms with Crippen LogP contribution < -0.4 is 0 Å². The Hall–Kier alpha value is -0.300. The summed E-state index contributed by atoms with van der Waals surface area (Å²) in [6.45, 7) is 6.46. The molecule has 0 aliphatic rings. The van der Waals surface area contributed by atoms with Crippen molar-refractivity contribution in [2.24, 2.45) is 0 Å². The van der Waals surface area contributed by atoms with Crippen LogP contribution in [0.1, 0.15) is 13.8 Å². The summed E-state index contributed by atoms with van der Waals surface area (Å²) in [5, 5.41) is 10.4. The van der Waals surface area contributed by atoms with E-state index in [1.807, 2.05) is 0 Å². The predicted molar refractivity (Wildman–Crippen MR) is 25.0 cm³/mol. The molecule has 0 spiro atoms. The molecule has 0 saturated carbocycles. The molecule has 0 aromatic heterocycles. The van der Waals surface area contributed by atoms with Crippen LogP contribution in [0.3, 0.4) is 0 Å². The smallest absolute Gasteiger partial charge is 0.116 e. The van der Waals surface area contributed by atoms with Gasteiger partial charge in [0.1, 0.15) is 5.60 Å². The van der Waals surface area contributed by atoms with Crippen molar-refractivity contribution in [1.82, 2.24) is 0 Å². The van der Waals surface area contributed by atoms with Crippen molar-refractivity contribution in [2.75, 3.05) is 0 Å². The van der Waals surface area contributed by atoms with Crippen molar-refractivity contribution >= 4 is 0 Å². The monoisotopic (exact) mass is 85.1 g/mol. The molecule has 0 saturated heterocycles. The molecule has 0 aliphatic heterocycles. The van der Waals surface area contributed by atoms with Gasteiger partial charge in [-0.05, 0) is 13.8 Å². The largest absolute Gasteiger partial charge is 0.226 e. The summed E-state index contributed by atoms with van der Waals surface area (Å²) in [7, 11) is 0. The first-order chi connectivity index (χ1) is 2.56. The number of hydrogen-bond donors (Lipinski definition) is 0. The Morgan fingerprint density at radius 2 is 1.83 bits per heavy atom. The average Bonchev–Trinajstić information content (AvgIpc) is 1.35. The number of hydrogen-bond acceptors (Lipinski definition) is 0. The summed E-state index contributed by atoms with van der Waals surface area (Å²) in [6.07, 6.45) is 1.38. The fourth-order valence-corrected chi connectivity index (χ4v) is 0. The van der Waals surface area contributed by atoms with E-state index in [1.165, 1.54) is 6.08 Å². The van der Waals surface area contributed by atoms with Gasteiger partial charge in [0, 0.05) is 0 Å². The van der Waals surface area contributed by atoms with Crippen molar-refractivity contribution in [2.45, 2.75) is 19.4 Å². The van der Waals surface area contributed by atoms with E-state index in [9.17, 15) is 5.11 Å². The van der Waals surface area contributed by atoms with Crippen molar-refractivity contribution in [3.8, 4) is 0 Å². The molecule has 0 aromatic rings. The van der Waals surface area contributed by atoms with E-state index in [-0.39, 0.29) is 0 Å². The lowest BCUT2D eigenvalue weighted by molar-refractivity contribution is 0.0493. The summed E-state index contributed by atoms with van der Waals surface area (Å²) < 4.78 is 0. The Morgan fingerprint density at radius 3 is 1.83 bits per heavy atom. The third kappa shape index (κ3) is 3.70. The van der Waals surface area contributed by atoms with Crippen molar-refractivity contribution in [3.05, 3.63) is 12.7 Å². The van der Waals surface area contributed by atoms with E-state index in [2.05, 4.69) is 6.58 Å². The van der Waals surface area contributed by atoms with Gasteiger partial charge in [0.15, 0.2) is 0 Å². The number of rotatable bonds is 1. The molecule has 0 bridgehead atoms. The minimum atomic E-state index is -0.944. The van der Waals surface area contributed by atoms with Gasteiger partial charge in [-0.15, -0.1) is 6.58 Å². The van der Waals surface area contributed by atoms with Crippen molar-refractivity contribution in [3.63, 3.8) is 0 Å². The zero-order valence-corrected chi connectivity index (χ0v) is 4.19. The maximum Gasteiger partial charge on any atom is 0.116 e. The molecule has 0 aromatic carbocycles. The van der Waals surface area contributed by atoms with E-state index in [0.717, 1.165) is 0 Å². The van der Waals surface area contributed by atoms with Crippen molar-refractivity contribution in [1.29, 1.82) is 0 Å². The van der Waals surface area contributed by atoms with Gasteiger partial charge in [0.25, 0.3) is 0 Å². The molecule has 0 N–H and O–H groups in total. The minimum absolute atomic E-state index is 0.944. The highest BCUT2D eigenvalue weighted by molar-refractivity contribution is 4.86. The van der Waals surface area contributed by atoms with Gasteiger partial charge in [-0.25, -0.2) is 5.11 Å². The first kappa shape index (κ1) is 5.70. The zero-order valence-electron chi connectivity index (χ0n) is 4.19. The molecule has 1 radical (unpaired) electrons. The lowest BCUT2D eigenvalue weighted by atomic mass is 10.1.